The maximum atomic E-state index is 9.96. The quantitative estimate of drug-likeness (QED) is 0.396. The SMILES string of the molecule is CCC(=O)OC.[SeH2]. The third-order valence-corrected chi connectivity index (χ3v) is 0.516. The zero-order valence-electron chi connectivity index (χ0n) is 4.52. The van der Waals surface area contributed by atoms with Gasteiger partial charge in [0.15, 0.2) is 0 Å². The van der Waals surface area contributed by atoms with Gasteiger partial charge in [-0.1, -0.05) is 6.92 Å². The number of hydrogen-bond donors (Lipinski definition) is 0. The van der Waals surface area contributed by atoms with Crippen molar-refractivity contribution < 1.29 is 9.53 Å². The molecule has 0 rings (SSSR count). The summed E-state index contributed by atoms with van der Waals surface area (Å²) in [6.07, 6.45) is 0.469. The van der Waals surface area contributed by atoms with Crippen LogP contribution in [-0.4, -0.2) is 30.1 Å². The Morgan fingerprint density at radius 2 is 2.14 bits per heavy atom. The second-order valence-corrected chi connectivity index (χ2v) is 0.930. The molecule has 0 aromatic rings. The summed E-state index contributed by atoms with van der Waals surface area (Å²) >= 11 is 0. The molecule has 0 saturated heterocycles. The maximum absolute atomic E-state index is 9.96. The van der Waals surface area contributed by atoms with Gasteiger partial charge in [0, 0.05) is 6.42 Å². The summed E-state index contributed by atoms with van der Waals surface area (Å²) in [5, 5.41) is 0. The van der Waals surface area contributed by atoms with Crippen LogP contribution in [0.25, 0.3) is 0 Å². The van der Waals surface area contributed by atoms with Crippen LogP contribution >= 0.6 is 0 Å². The van der Waals surface area contributed by atoms with E-state index in [1.165, 1.54) is 7.11 Å². The summed E-state index contributed by atoms with van der Waals surface area (Å²) in [5.74, 6) is -0.157. The number of methoxy groups -OCH3 is 1. The molecule has 0 aromatic carbocycles. The molecule has 0 aromatic heterocycles. The Hall–Kier alpha value is -0.0105. The first-order valence-corrected chi connectivity index (χ1v) is 1.88. The number of rotatable bonds is 1. The Bertz CT molecular complexity index is 47.7. The Morgan fingerprint density at radius 1 is 1.71 bits per heavy atom. The molecule has 3 heteroatoms. The van der Waals surface area contributed by atoms with Gasteiger partial charge in [-0.15, -0.1) is 0 Å². The summed E-state index contributed by atoms with van der Waals surface area (Å²) in [5.41, 5.74) is 0. The van der Waals surface area contributed by atoms with Crippen LogP contribution in [0.3, 0.4) is 0 Å². The van der Waals surface area contributed by atoms with Crippen LogP contribution < -0.4 is 0 Å². The fraction of sp³-hybridized carbons (Fsp3) is 0.750. The zero-order chi connectivity index (χ0) is 4.99. The van der Waals surface area contributed by atoms with E-state index >= 15 is 0 Å². The van der Waals surface area contributed by atoms with Crippen molar-refractivity contribution in [2.75, 3.05) is 7.11 Å². The molecule has 44 valence electrons. The van der Waals surface area contributed by atoms with Gasteiger partial charge in [0.05, 0.1) is 7.11 Å². The van der Waals surface area contributed by atoms with Gasteiger partial charge in [0.2, 0.25) is 0 Å². The molecule has 0 saturated carbocycles. The van der Waals surface area contributed by atoms with E-state index in [1.54, 1.807) is 6.92 Å². The van der Waals surface area contributed by atoms with Gasteiger partial charge in [0.25, 0.3) is 0 Å². The zero-order valence-corrected chi connectivity index (χ0v) is 6.62. The number of ether oxygens (including phenoxy) is 1. The van der Waals surface area contributed by atoms with E-state index in [9.17, 15) is 4.79 Å². The van der Waals surface area contributed by atoms with E-state index < -0.39 is 0 Å². The fourth-order valence-corrected chi connectivity index (χ4v) is 0.144. The van der Waals surface area contributed by atoms with Gasteiger partial charge in [-0.05, 0) is 0 Å². The van der Waals surface area contributed by atoms with Crippen molar-refractivity contribution in [1.82, 2.24) is 0 Å². The first kappa shape index (κ1) is 10.1. The third kappa shape index (κ3) is 5.99. The first-order valence-electron chi connectivity index (χ1n) is 1.88. The van der Waals surface area contributed by atoms with Crippen molar-refractivity contribution in [1.29, 1.82) is 0 Å². The predicted octanol–water partition coefficient (Wildman–Crippen LogP) is -0.347. The van der Waals surface area contributed by atoms with Gasteiger partial charge in [-0.25, -0.2) is 0 Å². The van der Waals surface area contributed by atoms with Crippen molar-refractivity contribution in [2.45, 2.75) is 13.3 Å². The Labute approximate surface area is 53.7 Å². The van der Waals surface area contributed by atoms with Gasteiger partial charge in [-0.3, -0.25) is 4.79 Å². The monoisotopic (exact) mass is 170 g/mol. The predicted molar refractivity (Wildman–Crippen MR) is 30.9 cm³/mol. The molecule has 0 radical (unpaired) electrons. The Kier molecular flexibility index (Phi) is 8.62. The van der Waals surface area contributed by atoms with Gasteiger partial charge in [0.1, 0.15) is 0 Å². The van der Waals surface area contributed by atoms with Crippen LogP contribution in [0, 0.1) is 0 Å². The molecular weight excluding hydrogens is 159 g/mol. The number of carbonyl (C=O) groups is 1. The molecule has 0 atom stereocenters. The first-order chi connectivity index (χ1) is 2.81. The number of carbonyl (C=O) groups excluding carboxylic acids is 1. The second-order valence-electron chi connectivity index (χ2n) is 0.930. The average molecular weight is 169 g/mol. The second kappa shape index (κ2) is 5.99. The van der Waals surface area contributed by atoms with E-state index in [2.05, 4.69) is 4.74 Å². The van der Waals surface area contributed by atoms with Gasteiger partial charge < -0.3 is 4.74 Å². The summed E-state index contributed by atoms with van der Waals surface area (Å²) < 4.78 is 4.26. The molecule has 7 heavy (non-hydrogen) atoms. The average Bonchev–Trinajstić information content (AvgIpc) is 1.65. The van der Waals surface area contributed by atoms with Crippen LogP contribution in [0.5, 0.6) is 0 Å². The molecule has 0 aliphatic rings. The van der Waals surface area contributed by atoms with Gasteiger partial charge in [-0.2, -0.15) is 0 Å². The molecular formula is C4H10O2Se. The molecule has 0 heterocycles. The van der Waals surface area contributed by atoms with Crippen molar-refractivity contribution >= 4 is 23.0 Å². The molecule has 0 spiro atoms. The Balaban J connectivity index is 0. The standard InChI is InChI=1S/C4H8O2.H2Se/c1-3-4(5)6-2;/h3H2,1-2H3;1H2. The van der Waals surface area contributed by atoms with Crippen LogP contribution in [0.4, 0.5) is 0 Å². The molecule has 2 nitrogen and oxygen atoms in total. The van der Waals surface area contributed by atoms with E-state index in [4.69, 9.17) is 0 Å². The minimum atomic E-state index is -0.157. The van der Waals surface area contributed by atoms with E-state index in [0.29, 0.717) is 6.42 Å². The molecule has 0 aliphatic heterocycles. The van der Waals surface area contributed by atoms with Crippen molar-refractivity contribution in [2.24, 2.45) is 0 Å². The molecule has 0 fully saturated rings. The molecule has 0 N–H and O–H groups in total. The van der Waals surface area contributed by atoms with Crippen LogP contribution in [0.2, 0.25) is 0 Å². The molecule has 0 unspecified atom stereocenters. The van der Waals surface area contributed by atoms with E-state index in [-0.39, 0.29) is 23.0 Å². The van der Waals surface area contributed by atoms with Crippen LogP contribution in [-0.2, 0) is 9.53 Å². The third-order valence-electron chi connectivity index (χ3n) is 0.516. The summed E-state index contributed by atoms with van der Waals surface area (Å²) in [7, 11) is 1.38. The number of esters is 1. The summed E-state index contributed by atoms with van der Waals surface area (Å²) in [6, 6.07) is 0. The van der Waals surface area contributed by atoms with E-state index in [0.717, 1.165) is 0 Å². The Morgan fingerprint density at radius 3 is 2.14 bits per heavy atom. The van der Waals surface area contributed by atoms with Crippen molar-refractivity contribution in [3.8, 4) is 0 Å². The molecule has 0 aliphatic carbocycles. The summed E-state index contributed by atoms with van der Waals surface area (Å²) in [6.45, 7) is 1.76. The molecule has 0 bridgehead atoms. The topological polar surface area (TPSA) is 26.3 Å². The van der Waals surface area contributed by atoms with Crippen LogP contribution in [0.15, 0.2) is 0 Å². The number of hydrogen-bond acceptors (Lipinski definition) is 2. The summed E-state index contributed by atoms with van der Waals surface area (Å²) in [4.78, 5) is 9.96. The van der Waals surface area contributed by atoms with Crippen LogP contribution in [0.1, 0.15) is 13.3 Å². The van der Waals surface area contributed by atoms with E-state index in [1.807, 2.05) is 0 Å². The molecule has 0 amide bonds. The normalized spacial score (nSPS) is 6.57. The van der Waals surface area contributed by atoms with Crippen molar-refractivity contribution in [3.05, 3.63) is 0 Å². The fourth-order valence-electron chi connectivity index (χ4n) is 0.144. The minimum absolute atomic E-state index is 0. The van der Waals surface area contributed by atoms with Gasteiger partial charge >= 0.3 is 23.0 Å². The van der Waals surface area contributed by atoms with Crippen molar-refractivity contribution in [3.63, 3.8) is 0 Å².